The molecule has 1 heterocycles. The second-order valence-electron chi connectivity index (χ2n) is 4.11. The fourth-order valence-electron chi connectivity index (χ4n) is 1.59. The second kappa shape index (κ2) is 5.79. The number of halogens is 2. The molecular formula is C13H12BrFN2OS. The third-order valence-corrected chi connectivity index (χ3v) is 4.26. The quantitative estimate of drug-likeness (QED) is 0.920. The van der Waals surface area contributed by atoms with Crippen molar-refractivity contribution < 1.29 is 9.18 Å². The van der Waals surface area contributed by atoms with Crippen LogP contribution in [-0.4, -0.2) is 10.9 Å². The highest BCUT2D eigenvalue weighted by atomic mass is 79.9. The predicted molar refractivity (Wildman–Crippen MR) is 76.8 cm³/mol. The van der Waals surface area contributed by atoms with Gasteiger partial charge in [-0.05, 0) is 41.9 Å². The maximum atomic E-state index is 13.8. The molecule has 1 atom stereocenters. The van der Waals surface area contributed by atoms with Crippen molar-refractivity contribution >= 4 is 33.2 Å². The number of thiazole rings is 1. The fourth-order valence-corrected chi connectivity index (χ4v) is 2.73. The molecule has 0 aliphatic carbocycles. The third kappa shape index (κ3) is 3.19. The number of aryl methyl sites for hydroxylation is 1. The van der Waals surface area contributed by atoms with Crippen molar-refractivity contribution in [3.05, 3.63) is 50.1 Å². The van der Waals surface area contributed by atoms with Gasteiger partial charge in [-0.15, -0.1) is 11.3 Å². The third-order valence-electron chi connectivity index (χ3n) is 2.55. The van der Waals surface area contributed by atoms with Gasteiger partial charge in [0, 0.05) is 11.1 Å². The van der Waals surface area contributed by atoms with Gasteiger partial charge >= 0.3 is 0 Å². The molecule has 0 radical (unpaired) electrons. The fraction of sp³-hybridized carbons (Fsp3) is 0.231. The molecule has 1 amide bonds. The van der Waals surface area contributed by atoms with E-state index >= 15 is 0 Å². The van der Waals surface area contributed by atoms with Crippen LogP contribution in [0.4, 0.5) is 4.39 Å². The van der Waals surface area contributed by atoms with Gasteiger partial charge in [0.2, 0.25) is 0 Å². The van der Waals surface area contributed by atoms with E-state index in [-0.39, 0.29) is 16.1 Å². The van der Waals surface area contributed by atoms with Crippen LogP contribution in [0.2, 0.25) is 0 Å². The number of nitrogens with one attached hydrogen (secondary N) is 1. The van der Waals surface area contributed by atoms with Crippen molar-refractivity contribution in [3.63, 3.8) is 0 Å². The van der Waals surface area contributed by atoms with Crippen molar-refractivity contribution in [1.82, 2.24) is 10.3 Å². The van der Waals surface area contributed by atoms with Gasteiger partial charge in [0.25, 0.3) is 5.91 Å². The summed E-state index contributed by atoms with van der Waals surface area (Å²) in [5, 5.41) is 3.55. The summed E-state index contributed by atoms with van der Waals surface area (Å²) >= 11 is 4.58. The number of hydrogen-bond acceptors (Lipinski definition) is 3. The van der Waals surface area contributed by atoms with Gasteiger partial charge < -0.3 is 5.32 Å². The smallest absolute Gasteiger partial charge is 0.254 e. The van der Waals surface area contributed by atoms with Crippen LogP contribution in [-0.2, 0) is 0 Å². The van der Waals surface area contributed by atoms with Gasteiger partial charge in [-0.1, -0.05) is 6.07 Å². The summed E-state index contributed by atoms with van der Waals surface area (Å²) in [6.07, 6.45) is 1.75. The number of hydrogen-bond donors (Lipinski definition) is 1. The van der Waals surface area contributed by atoms with Crippen LogP contribution in [0.5, 0.6) is 0 Å². The summed E-state index contributed by atoms with van der Waals surface area (Å²) in [4.78, 5) is 17.3. The highest BCUT2D eigenvalue weighted by Gasteiger charge is 2.17. The Morgan fingerprint density at radius 2 is 2.26 bits per heavy atom. The molecule has 1 aromatic heterocycles. The molecule has 2 aromatic rings. The molecule has 0 saturated carbocycles. The van der Waals surface area contributed by atoms with Gasteiger partial charge in [-0.25, -0.2) is 9.37 Å². The molecule has 0 aliphatic heterocycles. The van der Waals surface area contributed by atoms with Crippen molar-refractivity contribution in [2.24, 2.45) is 0 Å². The van der Waals surface area contributed by atoms with E-state index in [2.05, 4.69) is 26.2 Å². The topological polar surface area (TPSA) is 42.0 Å². The maximum Gasteiger partial charge on any atom is 0.254 e. The molecule has 3 nitrogen and oxygen atoms in total. The van der Waals surface area contributed by atoms with E-state index in [1.165, 1.54) is 17.4 Å². The monoisotopic (exact) mass is 342 g/mol. The number of rotatable bonds is 3. The first-order chi connectivity index (χ1) is 8.99. The van der Waals surface area contributed by atoms with Gasteiger partial charge in [0.15, 0.2) is 0 Å². The van der Waals surface area contributed by atoms with E-state index < -0.39 is 11.7 Å². The van der Waals surface area contributed by atoms with Crippen LogP contribution >= 0.6 is 27.3 Å². The molecule has 0 bridgehead atoms. The van der Waals surface area contributed by atoms with Gasteiger partial charge in [-0.2, -0.15) is 0 Å². The zero-order valence-corrected chi connectivity index (χ0v) is 12.8. The predicted octanol–water partition coefficient (Wildman–Crippen LogP) is 3.84. The summed E-state index contributed by atoms with van der Waals surface area (Å²) in [6, 6.07) is 4.39. The molecule has 0 aliphatic rings. The summed E-state index contributed by atoms with van der Waals surface area (Å²) in [7, 11) is 0. The van der Waals surface area contributed by atoms with Crippen LogP contribution in [0, 0.1) is 12.7 Å². The molecule has 1 aromatic carbocycles. The Morgan fingerprint density at radius 3 is 2.89 bits per heavy atom. The number of carbonyl (C=O) groups is 1. The summed E-state index contributed by atoms with van der Waals surface area (Å²) in [5.74, 6) is -0.998. The van der Waals surface area contributed by atoms with Crippen molar-refractivity contribution in [2.45, 2.75) is 19.9 Å². The Hall–Kier alpha value is -1.27. The minimum Gasteiger partial charge on any atom is -0.343 e. The molecule has 0 spiro atoms. The summed E-state index contributed by atoms with van der Waals surface area (Å²) in [5.41, 5.74) is 0.0227. The van der Waals surface area contributed by atoms with E-state index in [1.54, 1.807) is 18.3 Å². The average molecular weight is 343 g/mol. The first-order valence-corrected chi connectivity index (χ1v) is 7.27. The van der Waals surface area contributed by atoms with Crippen LogP contribution in [0.25, 0.3) is 0 Å². The molecule has 6 heteroatoms. The molecule has 0 fully saturated rings. The maximum absolute atomic E-state index is 13.8. The lowest BCUT2D eigenvalue weighted by molar-refractivity contribution is 0.0935. The second-order valence-corrected chi connectivity index (χ2v) is 6.23. The summed E-state index contributed by atoms with van der Waals surface area (Å²) in [6.45, 7) is 3.77. The largest absolute Gasteiger partial charge is 0.343 e. The Balaban J connectivity index is 2.15. The Morgan fingerprint density at radius 1 is 1.53 bits per heavy atom. The molecule has 2 rings (SSSR count). The zero-order valence-electron chi connectivity index (χ0n) is 10.4. The minimum absolute atomic E-state index is 0.0227. The van der Waals surface area contributed by atoms with Crippen LogP contribution in [0.1, 0.15) is 33.2 Å². The summed E-state index contributed by atoms with van der Waals surface area (Å²) < 4.78 is 14.1. The number of carbonyl (C=O) groups excluding carboxylic acids is 1. The first kappa shape index (κ1) is 14.1. The molecule has 100 valence electrons. The van der Waals surface area contributed by atoms with E-state index in [4.69, 9.17) is 0 Å². The van der Waals surface area contributed by atoms with E-state index in [0.29, 0.717) is 0 Å². The zero-order chi connectivity index (χ0) is 14.0. The highest BCUT2D eigenvalue weighted by Crippen LogP contribution is 2.21. The van der Waals surface area contributed by atoms with Gasteiger partial charge in [0.1, 0.15) is 10.8 Å². The number of nitrogens with zero attached hydrogens (tertiary/aromatic N) is 1. The van der Waals surface area contributed by atoms with Crippen molar-refractivity contribution in [3.8, 4) is 0 Å². The van der Waals surface area contributed by atoms with Crippen LogP contribution in [0.3, 0.4) is 0 Å². The number of amides is 1. The van der Waals surface area contributed by atoms with Crippen LogP contribution < -0.4 is 5.32 Å². The number of benzene rings is 1. The SMILES string of the molecule is Cc1cnc(C(C)NC(=O)c2cccc(Br)c2F)s1. The normalized spacial score (nSPS) is 12.2. The Labute approximate surface area is 123 Å². The van der Waals surface area contributed by atoms with Crippen molar-refractivity contribution in [1.29, 1.82) is 0 Å². The van der Waals surface area contributed by atoms with E-state index in [1.807, 2.05) is 13.8 Å². The van der Waals surface area contributed by atoms with E-state index in [9.17, 15) is 9.18 Å². The molecular weight excluding hydrogens is 331 g/mol. The molecule has 19 heavy (non-hydrogen) atoms. The molecule has 1 unspecified atom stereocenters. The average Bonchev–Trinajstić information content (AvgIpc) is 2.79. The minimum atomic E-state index is -0.553. The Bertz CT molecular complexity index is 614. The first-order valence-electron chi connectivity index (χ1n) is 5.66. The van der Waals surface area contributed by atoms with Gasteiger partial charge in [-0.3, -0.25) is 4.79 Å². The lowest BCUT2D eigenvalue weighted by Crippen LogP contribution is -2.27. The number of aromatic nitrogens is 1. The lowest BCUT2D eigenvalue weighted by atomic mass is 10.2. The van der Waals surface area contributed by atoms with Crippen molar-refractivity contribution in [2.75, 3.05) is 0 Å². The Kier molecular flexibility index (Phi) is 4.31. The molecule has 1 N–H and O–H groups in total. The highest BCUT2D eigenvalue weighted by molar-refractivity contribution is 9.10. The lowest BCUT2D eigenvalue weighted by Gasteiger charge is -2.12. The molecule has 0 saturated heterocycles. The van der Waals surface area contributed by atoms with Crippen LogP contribution in [0.15, 0.2) is 28.9 Å². The van der Waals surface area contributed by atoms with Gasteiger partial charge in [0.05, 0.1) is 16.1 Å². The van der Waals surface area contributed by atoms with E-state index in [0.717, 1.165) is 9.88 Å². The standard InChI is InChI=1S/C13H12BrFN2OS/c1-7-6-16-13(19-7)8(2)17-12(18)9-4-3-5-10(14)11(9)15/h3-6,8H,1-2H3,(H,17,18).